The highest BCUT2D eigenvalue weighted by Crippen LogP contribution is 2.36. The van der Waals surface area contributed by atoms with E-state index in [4.69, 9.17) is 9.31 Å². The van der Waals surface area contributed by atoms with Gasteiger partial charge in [0.25, 0.3) is 0 Å². The Balaban J connectivity index is 2.31. The topological polar surface area (TPSA) is 51.6 Å². The Bertz CT molecular complexity index is 489. The van der Waals surface area contributed by atoms with Crippen molar-refractivity contribution in [2.45, 2.75) is 58.3 Å². The zero-order chi connectivity index (χ0) is 15.1. The van der Waals surface area contributed by atoms with Crippen molar-refractivity contribution < 1.29 is 18.8 Å². The molecule has 1 atom stereocenters. The smallest absolute Gasteiger partial charge is 0.399 e. The first-order valence-corrected chi connectivity index (χ1v) is 6.81. The van der Waals surface area contributed by atoms with Gasteiger partial charge < -0.3 is 14.4 Å². The van der Waals surface area contributed by atoms with Crippen molar-refractivity contribution in [3.8, 4) is 0 Å². The minimum atomic E-state index is -0.754. The minimum absolute atomic E-state index is 0.166. The van der Waals surface area contributed by atoms with E-state index in [9.17, 15) is 9.50 Å². The van der Waals surface area contributed by atoms with Gasteiger partial charge in [0, 0.05) is 18.1 Å². The van der Waals surface area contributed by atoms with Gasteiger partial charge in [0.2, 0.25) is 0 Å². The third-order valence-corrected chi connectivity index (χ3v) is 3.99. The van der Waals surface area contributed by atoms with Crippen LogP contribution < -0.4 is 5.46 Å². The number of rotatable bonds is 3. The van der Waals surface area contributed by atoms with Crippen molar-refractivity contribution in [2.75, 3.05) is 0 Å². The first-order chi connectivity index (χ1) is 9.14. The largest absolute Gasteiger partial charge is 0.497 e. The van der Waals surface area contributed by atoms with E-state index >= 15 is 0 Å². The van der Waals surface area contributed by atoms with Crippen LogP contribution in [0, 0.1) is 5.82 Å². The summed E-state index contributed by atoms with van der Waals surface area (Å²) in [5.41, 5.74) is -0.475. The molecule has 1 aliphatic rings. The predicted molar refractivity (Wildman–Crippen MR) is 75.3 cm³/mol. The van der Waals surface area contributed by atoms with Gasteiger partial charge in [-0.2, -0.15) is 0 Å². The maximum absolute atomic E-state index is 14.5. The number of halogens is 1. The summed E-state index contributed by atoms with van der Waals surface area (Å²) in [5.74, 6) is -0.466. The second-order valence-electron chi connectivity index (χ2n) is 6.30. The number of aliphatic hydroxyl groups is 1. The van der Waals surface area contributed by atoms with Gasteiger partial charge in [0.1, 0.15) is 5.82 Å². The average Bonchev–Trinajstić information content (AvgIpc) is 2.50. The van der Waals surface area contributed by atoms with Crippen LogP contribution in [0.1, 0.15) is 40.3 Å². The van der Waals surface area contributed by atoms with Crippen LogP contribution in [-0.2, 0) is 15.7 Å². The molecule has 1 unspecified atom stereocenters. The third kappa shape index (κ3) is 2.73. The van der Waals surface area contributed by atoms with Crippen LogP contribution in [-0.4, -0.2) is 34.5 Å². The molecule has 2 rings (SSSR count). The number of pyridine rings is 1. The molecular formula is C14H21BFNO3. The summed E-state index contributed by atoms with van der Waals surface area (Å²) in [7, 11) is -0.754. The fourth-order valence-electron chi connectivity index (χ4n) is 2.08. The van der Waals surface area contributed by atoms with Crippen molar-refractivity contribution in [1.82, 2.24) is 4.98 Å². The Morgan fingerprint density at radius 1 is 1.30 bits per heavy atom. The third-order valence-electron chi connectivity index (χ3n) is 3.99. The van der Waals surface area contributed by atoms with Gasteiger partial charge in [-0.3, -0.25) is 4.98 Å². The number of hydrogen-bond donors (Lipinski definition) is 1. The first kappa shape index (κ1) is 15.4. The van der Waals surface area contributed by atoms with E-state index in [-0.39, 0.29) is 12.1 Å². The summed E-state index contributed by atoms with van der Waals surface area (Å²) in [6, 6.07) is 1.56. The molecular weight excluding hydrogens is 260 g/mol. The summed E-state index contributed by atoms with van der Waals surface area (Å²) < 4.78 is 26.1. The zero-order valence-electron chi connectivity index (χ0n) is 12.6. The molecule has 1 aromatic heterocycles. The van der Waals surface area contributed by atoms with Crippen LogP contribution in [0.5, 0.6) is 0 Å². The summed E-state index contributed by atoms with van der Waals surface area (Å²) in [4.78, 5) is 3.98. The summed E-state index contributed by atoms with van der Waals surface area (Å²) in [5, 5.41) is 9.38. The second-order valence-corrected chi connectivity index (χ2v) is 6.30. The molecule has 2 heterocycles. The van der Waals surface area contributed by atoms with Gasteiger partial charge in [-0.15, -0.1) is 0 Å². The van der Waals surface area contributed by atoms with E-state index in [1.54, 1.807) is 13.0 Å². The van der Waals surface area contributed by atoms with E-state index in [0.29, 0.717) is 5.46 Å². The van der Waals surface area contributed by atoms with E-state index in [2.05, 4.69) is 4.98 Å². The highest BCUT2D eigenvalue weighted by molar-refractivity contribution is 6.62. The van der Waals surface area contributed by atoms with Gasteiger partial charge in [0.15, 0.2) is 0 Å². The Morgan fingerprint density at radius 2 is 1.85 bits per heavy atom. The predicted octanol–water partition coefficient (Wildman–Crippen LogP) is 1.44. The molecule has 1 aliphatic heterocycles. The van der Waals surface area contributed by atoms with Crippen molar-refractivity contribution in [3.05, 3.63) is 23.8 Å². The zero-order valence-corrected chi connectivity index (χ0v) is 12.6. The Hall–Kier alpha value is -0.975. The Morgan fingerprint density at radius 3 is 2.35 bits per heavy atom. The molecule has 6 heteroatoms. The molecule has 0 spiro atoms. The number of aliphatic hydroxyl groups excluding tert-OH is 1. The lowest BCUT2D eigenvalue weighted by atomic mass is 9.78. The van der Waals surface area contributed by atoms with Crippen molar-refractivity contribution in [1.29, 1.82) is 0 Å². The molecule has 1 saturated heterocycles. The molecule has 1 fully saturated rings. The standard InChI is InChI=1S/C14H21BFNO3/c1-9(18)8-11-12(16)10(6-7-17-11)15-19-13(2,3)14(4,5)20-15/h6-7,9,18H,8H2,1-5H3. The maximum Gasteiger partial charge on any atom is 0.497 e. The maximum atomic E-state index is 14.5. The Labute approximate surface area is 119 Å². The molecule has 0 aliphatic carbocycles. The number of nitrogens with zero attached hydrogens (tertiary/aromatic N) is 1. The quantitative estimate of drug-likeness (QED) is 0.852. The normalized spacial score (nSPS) is 22.1. The SMILES string of the molecule is CC(O)Cc1nccc(B2OC(C)(C)C(C)(C)O2)c1F. The lowest BCUT2D eigenvalue weighted by molar-refractivity contribution is 0.00578. The van der Waals surface area contributed by atoms with Gasteiger partial charge in [0.05, 0.1) is 23.0 Å². The van der Waals surface area contributed by atoms with Crippen molar-refractivity contribution >= 4 is 12.6 Å². The second kappa shape index (κ2) is 5.09. The van der Waals surface area contributed by atoms with Crippen LogP contribution in [0.25, 0.3) is 0 Å². The number of hydrogen-bond acceptors (Lipinski definition) is 4. The van der Waals surface area contributed by atoms with E-state index in [1.165, 1.54) is 6.20 Å². The lowest BCUT2D eigenvalue weighted by Crippen LogP contribution is -2.41. The van der Waals surface area contributed by atoms with E-state index < -0.39 is 30.2 Å². The molecule has 1 N–H and O–H groups in total. The average molecular weight is 281 g/mol. The van der Waals surface area contributed by atoms with Crippen molar-refractivity contribution in [3.63, 3.8) is 0 Å². The highest BCUT2D eigenvalue weighted by atomic mass is 19.1. The molecule has 0 radical (unpaired) electrons. The summed E-state index contributed by atoms with van der Waals surface area (Å²) in [6.45, 7) is 9.28. The van der Waals surface area contributed by atoms with Crippen LogP contribution in [0.3, 0.4) is 0 Å². The fourth-order valence-corrected chi connectivity index (χ4v) is 2.08. The van der Waals surface area contributed by atoms with Gasteiger partial charge in [-0.25, -0.2) is 4.39 Å². The number of aromatic nitrogens is 1. The first-order valence-electron chi connectivity index (χ1n) is 6.81. The summed E-state index contributed by atoms with van der Waals surface area (Å²) in [6.07, 6.45) is 1.03. The summed E-state index contributed by atoms with van der Waals surface area (Å²) >= 11 is 0. The van der Waals surface area contributed by atoms with Crippen LogP contribution in [0.2, 0.25) is 0 Å². The lowest BCUT2D eigenvalue weighted by Gasteiger charge is -2.32. The van der Waals surface area contributed by atoms with Crippen molar-refractivity contribution in [2.24, 2.45) is 0 Å². The van der Waals surface area contributed by atoms with Gasteiger partial charge in [-0.1, -0.05) is 0 Å². The molecule has 1 aromatic rings. The fraction of sp³-hybridized carbons (Fsp3) is 0.643. The molecule has 110 valence electrons. The minimum Gasteiger partial charge on any atom is -0.399 e. The van der Waals surface area contributed by atoms with E-state index in [0.717, 1.165) is 0 Å². The molecule has 4 nitrogen and oxygen atoms in total. The van der Waals surface area contributed by atoms with Crippen LogP contribution >= 0.6 is 0 Å². The Kier molecular flexibility index (Phi) is 3.93. The molecule has 0 saturated carbocycles. The molecule has 0 amide bonds. The van der Waals surface area contributed by atoms with E-state index in [1.807, 2.05) is 27.7 Å². The van der Waals surface area contributed by atoms with Crippen LogP contribution in [0.15, 0.2) is 12.3 Å². The monoisotopic (exact) mass is 281 g/mol. The molecule has 0 bridgehead atoms. The van der Waals surface area contributed by atoms with Crippen LogP contribution in [0.4, 0.5) is 4.39 Å². The molecule has 0 aromatic carbocycles. The highest BCUT2D eigenvalue weighted by Gasteiger charge is 2.52. The van der Waals surface area contributed by atoms with Gasteiger partial charge in [-0.05, 0) is 40.7 Å². The van der Waals surface area contributed by atoms with Gasteiger partial charge >= 0.3 is 7.12 Å². The molecule has 20 heavy (non-hydrogen) atoms.